The van der Waals surface area contributed by atoms with Crippen molar-refractivity contribution in [2.75, 3.05) is 18.8 Å². The van der Waals surface area contributed by atoms with Crippen molar-refractivity contribution in [3.63, 3.8) is 0 Å². The zero-order valence-corrected chi connectivity index (χ0v) is 16.6. The van der Waals surface area contributed by atoms with Crippen molar-refractivity contribution >= 4 is 23.2 Å². The number of hydrogen-bond donors (Lipinski definition) is 2. The van der Waals surface area contributed by atoms with Gasteiger partial charge in [0, 0.05) is 50.4 Å². The number of anilines is 1. The minimum absolute atomic E-state index is 0.0745. The lowest BCUT2D eigenvalue weighted by Crippen LogP contribution is -2.35. The molecule has 164 valence electrons. The molecule has 3 N–H and O–H groups in total. The van der Waals surface area contributed by atoms with Crippen LogP contribution in [0.15, 0.2) is 41.2 Å². The molecule has 1 aromatic heterocycles. The molecule has 31 heavy (non-hydrogen) atoms. The van der Waals surface area contributed by atoms with Crippen LogP contribution >= 0.6 is 0 Å². The number of nitrogens with one attached hydrogen (secondary N) is 1. The highest BCUT2D eigenvalue weighted by Crippen LogP contribution is 2.31. The standard InChI is InChI=1S/C20H20F3N5O3/c1-12(29)27-6-4-16(5-7-27)28-18(30)3-2-17(26-28)19(31)25-11-13-8-14(20(21,22)23)10-15(24)9-13/h2-4,8-10H,5-7,11,24H2,1H3,(H,25,31). The summed E-state index contributed by atoms with van der Waals surface area (Å²) >= 11 is 0. The Hall–Kier alpha value is -3.63. The van der Waals surface area contributed by atoms with Crippen LogP contribution in [0.1, 0.15) is 35.0 Å². The fraction of sp³-hybridized carbons (Fsp3) is 0.300. The van der Waals surface area contributed by atoms with E-state index in [2.05, 4.69) is 10.4 Å². The summed E-state index contributed by atoms with van der Waals surface area (Å²) in [6.45, 7) is 1.99. The maximum absolute atomic E-state index is 12.9. The molecule has 0 saturated carbocycles. The molecule has 0 spiro atoms. The van der Waals surface area contributed by atoms with E-state index in [4.69, 9.17) is 5.73 Å². The molecule has 0 atom stereocenters. The first kappa shape index (κ1) is 22.1. The predicted molar refractivity (Wildman–Crippen MR) is 107 cm³/mol. The molecule has 3 rings (SSSR count). The van der Waals surface area contributed by atoms with Gasteiger partial charge in [-0.15, -0.1) is 0 Å². The van der Waals surface area contributed by atoms with Gasteiger partial charge in [0.1, 0.15) is 5.69 Å². The Labute approximate surface area is 175 Å². The van der Waals surface area contributed by atoms with Gasteiger partial charge < -0.3 is 16.0 Å². The molecule has 0 aliphatic carbocycles. The number of rotatable bonds is 4. The summed E-state index contributed by atoms with van der Waals surface area (Å²) in [4.78, 5) is 37.7. The monoisotopic (exact) mass is 435 g/mol. The van der Waals surface area contributed by atoms with Crippen molar-refractivity contribution in [2.45, 2.75) is 26.1 Å². The first-order valence-corrected chi connectivity index (χ1v) is 9.35. The van der Waals surface area contributed by atoms with Crippen molar-refractivity contribution in [3.05, 3.63) is 63.6 Å². The van der Waals surface area contributed by atoms with Crippen LogP contribution < -0.4 is 16.6 Å². The number of benzene rings is 1. The lowest BCUT2D eigenvalue weighted by Gasteiger charge is -2.25. The second-order valence-electron chi connectivity index (χ2n) is 7.02. The maximum Gasteiger partial charge on any atom is 0.416 e. The molecule has 2 heterocycles. The zero-order chi connectivity index (χ0) is 22.8. The maximum atomic E-state index is 12.9. The van der Waals surface area contributed by atoms with Crippen LogP contribution in [0.25, 0.3) is 5.70 Å². The Balaban J connectivity index is 1.75. The minimum Gasteiger partial charge on any atom is -0.399 e. The van der Waals surface area contributed by atoms with Crippen LogP contribution in [0.4, 0.5) is 18.9 Å². The van der Waals surface area contributed by atoms with E-state index in [0.717, 1.165) is 16.8 Å². The summed E-state index contributed by atoms with van der Waals surface area (Å²) in [5, 5.41) is 6.55. The molecule has 0 fully saturated rings. The topological polar surface area (TPSA) is 110 Å². The van der Waals surface area contributed by atoms with Crippen LogP contribution in [0.3, 0.4) is 0 Å². The Morgan fingerprint density at radius 3 is 2.58 bits per heavy atom. The largest absolute Gasteiger partial charge is 0.416 e. The lowest BCUT2D eigenvalue weighted by atomic mass is 10.1. The quantitative estimate of drug-likeness (QED) is 0.713. The van der Waals surface area contributed by atoms with E-state index in [1.54, 1.807) is 11.0 Å². The average Bonchev–Trinajstić information content (AvgIpc) is 2.71. The molecular weight excluding hydrogens is 415 g/mol. The van der Waals surface area contributed by atoms with Gasteiger partial charge in [-0.2, -0.15) is 18.3 Å². The number of hydrogen-bond acceptors (Lipinski definition) is 5. The van der Waals surface area contributed by atoms with Gasteiger partial charge >= 0.3 is 6.18 Å². The second kappa shape index (κ2) is 8.62. The Bertz CT molecular complexity index is 1110. The van der Waals surface area contributed by atoms with Crippen LogP contribution in [-0.4, -0.2) is 39.6 Å². The fourth-order valence-electron chi connectivity index (χ4n) is 3.13. The number of nitrogens with two attached hydrogens (primary N) is 1. The third-order valence-electron chi connectivity index (χ3n) is 4.73. The molecule has 1 aliphatic heterocycles. The van der Waals surface area contributed by atoms with E-state index in [9.17, 15) is 27.6 Å². The molecule has 2 aromatic rings. The Morgan fingerprint density at radius 2 is 1.97 bits per heavy atom. The number of carbonyl (C=O) groups is 2. The molecule has 0 saturated heterocycles. The molecule has 0 radical (unpaired) electrons. The normalized spacial score (nSPS) is 14.2. The minimum atomic E-state index is -4.56. The van der Waals surface area contributed by atoms with E-state index in [1.165, 1.54) is 25.1 Å². The summed E-state index contributed by atoms with van der Waals surface area (Å²) in [7, 11) is 0. The molecule has 8 nitrogen and oxygen atoms in total. The number of alkyl halides is 3. The van der Waals surface area contributed by atoms with Crippen LogP contribution in [-0.2, 0) is 17.5 Å². The van der Waals surface area contributed by atoms with E-state index >= 15 is 0 Å². The van der Waals surface area contributed by atoms with Gasteiger partial charge in [0.2, 0.25) is 5.91 Å². The highest BCUT2D eigenvalue weighted by atomic mass is 19.4. The molecular formula is C20H20F3N5O3. The third-order valence-corrected chi connectivity index (χ3v) is 4.73. The smallest absolute Gasteiger partial charge is 0.399 e. The summed E-state index contributed by atoms with van der Waals surface area (Å²) in [6, 6.07) is 5.46. The summed E-state index contributed by atoms with van der Waals surface area (Å²) in [5.74, 6) is -0.745. The van der Waals surface area contributed by atoms with Gasteiger partial charge in [-0.1, -0.05) is 0 Å². The number of nitrogen functional groups attached to an aromatic ring is 1. The van der Waals surface area contributed by atoms with Crippen LogP contribution in [0.5, 0.6) is 0 Å². The first-order chi connectivity index (χ1) is 14.5. The second-order valence-corrected chi connectivity index (χ2v) is 7.02. The number of nitrogens with zero attached hydrogens (tertiary/aromatic N) is 3. The molecule has 1 aliphatic rings. The van der Waals surface area contributed by atoms with Gasteiger partial charge in [0.05, 0.1) is 5.56 Å². The van der Waals surface area contributed by atoms with Gasteiger partial charge in [-0.05, 0) is 35.9 Å². The number of carbonyl (C=O) groups excluding carboxylic acids is 2. The first-order valence-electron chi connectivity index (χ1n) is 9.35. The fourth-order valence-corrected chi connectivity index (χ4v) is 3.13. The van der Waals surface area contributed by atoms with Crippen molar-refractivity contribution < 1.29 is 22.8 Å². The zero-order valence-electron chi connectivity index (χ0n) is 16.6. The predicted octanol–water partition coefficient (Wildman–Crippen LogP) is 1.87. The van der Waals surface area contributed by atoms with Gasteiger partial charge in [0.15, 0.2) is 0 Å². The summed E-state index contributed by atoms with van der Waals surface area (Å²) in [6.07, 6.45) is -2.48. The number of amides is 2. The SMILES string of the molecule is CC(=O)N1CC=C(n2nc(C(=O)NCc3cc(N)cc(C(F)(F)F)c3)ccc2=O)CC1. The van der Waals surface area contributed by atoms with Crippen LogP contribution in [0.2, 0.25) is 0 Å². The Kier molecular flexibility index (Phi) is 6.14. The molecule has 0 unspecified atom stereocenters. The van der Waals surface area contributed by atoms with E-state index in [-0.39, 0.29) is 29.4 Å². The molecule has 11 heteroatoms. The average molecular weight is 435 g/mol. The molecule has 2 amide bonds. The van der Waals surface area contributed by atoms with Gasteiger partial charge in [-0.25, -0.2) is 4.68 Å². The van der Waals surface area contributed by atoms with Crippen molar-refractivity contribution in [1.29, 1.82) is 0 Å². The highest BCUT2D eigenvalue weighted by molar-refractivity contribution is 5.92. The Morgan fingerprint density at radius 1 is 1.23 bits per heavy atom. The van der Waals surface area contributed by atoms with E-state index < -0.39 is 23.2 Å². The lowest BCUT2D eigenvalue weighted by molar-refractivity contribution is -0.137. The van der Waals surface area contributed by atoms with Crippen molar-refractivity contribution in [1.82, 2.24) is 20.0 Å². The van der Waals surface area contributed by atoms with Crippen molar-refractivity contribution in [2.24, 2.45) is 0 Å². The van der Waals surface area contributed by atoms with E-state index in [0.29, 0.717) is 25.2 Å². The summed E-state index contributed by atoms with van der Waals surface area (Å²) in [5.41, 5.74) is 4.76. The van der Waals surface area contributed by atoms with Crippen LogP contribution in [0, 0.1) is 0 Å². The molecule has 0 bridgehead atoms. The molecule has 1 aromatic carbocycles. The van der Waals surface area contributed by atoms with Gasteiger partial charge in [-0.3, -0.25) is 14.4 Å². The van der Waals surface area contributed by atoms with Crippen molar-refractivity contribution in [3.8, 4) is 0 Å². The summed E-state index contributed by atoms with van der Waals surface area (Å²) < 4.78 is 39.9. The third kappa shape index (κ3) is 5.30. The number of halogens is 3. The van der Waals surface area contributed by atoms with E-state index in [1.807, 2.05) is 0 Å². The highest BCUT2D eigenvalue weighted by Gasteiger charge is 2.31. The number of aromatic nitrogens is 2. The van der Waals surface area contributed by atoms with Gasteiger partial charge in [0.25, 0.3) is 11.5 Å².